The minimum Gasteiger partial charge on any atom is -0.352 e. The Labute approximate surface area is 130 Å². The molecule has 0 fully saturated rings. The van der Waals surface area contributed by atoms with Crippen molar-refractivity contribution in [2.24, 2.45) is 12.0 Å². The molecule has 0 bridgehead atoms. The monoisotopic (exact) mass is 354 g/mol. The van der Waals surface area contributed by atoms with Crippen LogP contribution in [0, 0.1) is 5.82 Å². The number of benzene rings is 1. The van der Waals surface area contributed by atoms with Gasteiger partial charge in [0.15, 0.2) is 5.96 Å². The molecule has 21 heavy (non-hydrogen) atoms. The van der Waals surface area contributed by atoms with Crippen molar-refractivity contribution < 1.29 is 4.39 Å². The lowest BCUT2D eigenvalue weighted by atomic mass is 10.2. The molecular formula is C13H16BrFN6. The Balaban J connectivity index is 1.89. The number of hydrogen-bond donors (Lipinski definition) is 2. The van der Waals surface area contributed by atoms with Gasteiger partial charge in [-0.15, -0.1) is 0 Å². The minimum absolute atomic E-state index is 0.275. The van der Waals surface area contributed by atoms with Gasteiger partial charge in [-0.25, -0.2) is 9.37 Å². The van der Waals surface area contributed by atoms with Crippen LogP contribution in [0.25, 0.3) is 0 Å². The molecule has 0 spiro atoms. The molecule has 6 nitrogen and oxygen atoms in total. The largest absolute Gasteiger partial charge is 0.352 e. The van der Waals surface area contributed by atoms with Crippen LogP contribution in [0.2, 0.25) is 0 Å². The van der Waals surface area contributed by atoms with Crippen LogP contribution in [0.15, 0.2) is 34.0 Å². The van der Waals surface area contributed by atoms with Crippen LogP contribution in [0.4, 0.5) is 4.39 Å². The fourth-order valence-electron chi connectivity index (χ4n) is 1.76. The number of hydrogen-bond acceptors (Lipinski definition) is 3. The molecule has 0 aliphatic heterocycles. The predicted molar refractivity (Wildman–Crippen MR) is 82.1 cm³/mol. The first-order valence-corrected chi connectivity index (χ1v) is 7.10. The quantitative estimate of drug-likeness (QED) is 0.646. The van der Waals surface area contributed by atoms with E-state index in [-0.39, 0.29) is 5.82 Å². The fraction of sp³-hybridized carbons (Fsp3) is 0.308. The molecule has 0 saturated heterocycles. The van der Waals surface area contributed by atoms with Gasteiger partial charge in [0.05, 0.1) is 6.54 Å². The summed E-state index contributed by atoms with van der Waals surface area (Å²) in [5.41, 5.74) is 0.823. The van der Waals surface area contributed by atoms with Crippen LogP contribution < -0.4 is 10.6 Å². The molecule has 2 aromatic rings. The first-order valence-electron chi connectivity index (χ1n) is 6.31. The maximum Gasteiger partial charge on any atom is 0.191 e. The Bertz CT molecular complexity index is 619. The van der Waals surface area contributed by atoms with Crippen molar-refractivity contribution in [2.75, 3.05) is 7.05 Å². The van der Waals surface area contributed by atoms with Crippen molar-refractivity contribution in [1.82, 2.24) is 25.4 Å². The molecule has 0 aliphatic carbocycles. The number of rotatable bonds is 4. The average molecular weight is 355 g/mol. The lowest BCUT2D eigenvalue weighted by Crippen LogP contribution is -2.37. The van der Waals surface area contributed by atoms with Gasteiger partial charge < -0.3 is 10.6 Å². The Hall–Kier alpha value is -1.96. The lowest BCUT2D eigenvalue weighted by molar-refractivity contribution is 0.623. The molecule has 1 heterocycles. The van der Waals surface area contributed by atoms with Gasteiger partial charge in [0.1, 0.15) is 18.0 Å². The van der Waals surface area contributed by atoms with Crippen molar-refractivity contribution in [3.8, 4) is 0 Å². The fourth-order valence-corrected chi connectivity index (χ4v) is 2.28. The van der Waals surface area contributed by atoms with Gasteiger partial charge in [-0.05, 0) is 23.8 Å². The third-order valence-corrected chi connectivity index (χ3v) is 3.28. The van der Waals surface area contributed by atoms with E-state index in [1.165, 1.54) is 18.5 Å². The van der Waals surface area contributed by atoms with Gasteiger partial charge in [0.25, 0.3) is 0 Å². The highest BCUT2D eigenvalue weighted by molar-refractivity contribution is 9.10. The first kappa shape index (κ1) is 15.4. The normalized spacial score (nSPS) is 11.5. The maximum atomic E-state index is 13.3. The van der Waals surface area contributed by atoms with E-state index >= 15 is 0 Å². The molecule has 2 N–H and O–H groups in total. The van der Waals surface area contributed by atoms with Gasteiger partial charge in [-0.1, -0.05) is 15.9 Å². The average Bonchev–Trinajstić information content (AvgIpc) is 2.83. The van der Waals surface area contributed by atoms with E-state index in [0.29, 0.717) is 23.5 Å². The zero-order valence-corrected chi connectivity index (χ0v) is 13.4. The molecule has 2 rings (SSSR count). The molecule has 0 unspecified atom stereocenters. The van der Waals surface area contributed by atoms with Gasteiger partial charge >= 0.3 is 0 Å². The van der Waals surface area contributed by atoms with Crippen LogP contribution in [0.1, 0.15) is 11.4 Å². The Morgan fingerprint density at radius 3 is 2.71 bits per heavy atom. The molecule has 0 aliphatic rings. The third-order valence-electron chi connectivity index (χ3n) is 2.83. The van der Waals surface area contributed by atoms with Gasteiger partial charge in [0.2, 0.25) is 0 Å². The highest BCUT2D eigenvalue weighted by Crippen LogP contribution is 2.14. The molecule has 8 heteroatoms. The number of halogens is 2. The van der Waals surface area contributed by atoms with E-state index in [1.807, 2.05) is 13.1 Å². The summed E-state index contributed by atoms with van der Waals surface area (Å²) < 4.78 is 15.7. The summed E-state index contributed by atoms with van der Waals surface area (Å²) in [4.78, 5) is 8.22. The van der Waals surface area contributed by atoms with E-state index in [9.17, 15) is 4.39 Å². The summed E-state index contributed by atoms with van der Waals surface area (Å²) in [7, 11) is 3.50. The predicted octanol–water partition coefficient (Wildman–Crippen LogP) is 1.58. The van der Waals surface area contributed by atoms with E-state index in [4.69, 9.17) is 0 Å². The molecule has 0 atom stereocenters. The standard InChI is InChI=1S/C13H16BrFN6/c1-16-13(18-7-12-19-8-20-21(12)2)17-6-9-3-10(14)5-11(15)4-9/h3-5,8H,6-7H2,1-2H3,(H2,16,17,18). The second-order valence-corrected chi connectivity index (χ2v) is 5.27. The number of aromatic nitrogens is 3. The van der Waals surface area contributed by atoms with Gasteiger partial charge in [-0.3, -0.25) is 9.67 Å². The number of guanidine groups is 1. The summed E-state index contributed by atoms with van der Waals surface area (Å²) in [6.07, 6.45) is 1.50. The Morgan fingerprint density at radius 2 is 2.10 bits per heavy atom. The van der Waals surface area contributed by atoms with Crippen molar-refractivity contribution in [2.45, 2.75) is 13.1 Å². The van der Waals surface area contributed by atoms with Crippen molar-refractivity contribution >= 4 is 21.9 Å². The summed E-state index contributed by atoms with van der Waals surface area (Å²) in [6, 6.07) is 4.75. The number of nitrogens with zero attached hydrogens (tertiary/aromatic N) is 4. The molecule has 1 aromatic heterocycles. The number of nitrogens with one attached hydrogen (secondary N) is 2. The number of aliphatic imine (C=N–C) groups is 1. The molecule has 0 amide bonds. The van der Waals surface area contributed by atoms with Crippen LogP contribution in [0.3, 0.4) is 0 Å². The van der Waals surface area contributed by atoms with Crippen molar-refractivity contribution in [3.63, 3.8) is 0 Å². The number of aryl methyl sites for hydroxylation is 1. The zero-order chi connectivity index (χ0) is 15.2. The van der Waals surface area contributed by atoms with Crippen LogP contribution in [0.5, 0.6) is 0 Å². The first-order chi connectivity index (χ1) is 10.1. The molecule has 0 saturated carbocycles. The maximum absolute atomic E-state index is 13.3. The second kappa shape index (κ2) is 7.16. The van der Waals surface area contributed by atoms with E-state index in [2.05, 4.69) is 41.6 Å². The second-order valence-electron chi connectivity index (χ2n) is 4.36. The summed E-state index contributed by atoms with van der Waals surface area (Å²) in [6.45, 7) is 0.970. The van der Waals surface area contributed by atoms with Crippen LogP contribution >= 0.6 is 15.9 Å². The third kappa shape index (κ3) is 4.52. The van der Waals surface area contributed by atoms with Crippen molar-refractivity contribution in [3.05, 3.63) is 46.2 Å². The summed E-state index contributed by atoms with van der Waals surface area (Å²) >= 11 is 3.27. The minimum atomic E-state index is -0.275. The van der Waals surface area contributed by atoms with Crippen molar-refractivity contribution in [1.29, 1.82) is 0 Å². The highest BCUT2D eigenvalue weighted by Gasteiger charge is 2.04. The smallest absolute Gasteiger partial charge is 0.191 e. The molecule has 0 radical (unpaired) electrons. The highest BCUT2D eigenvalue weighted by atomic mass is 79.9. The SMILES string of the molecule is CN=C(NCc1cc(F)cc(Br)c1)NCc1ncnn1C. The topological polar surface area (TPSA) is 67.1 Å². The zero-order valence-electron chi connectivity index (χ0n) is 11.8. The molecule has 112 valence electrons. The van der Waals surface area contributed by atoms with Gasteiger partial charge in [0, 0.05) is 25.1 Å². The molecular weight excluding hydrogens is 339 g/mol. The Kier molecular flexibility index (Phi) is 5.26. The van der Waals surface area contributed by atoms with E-state index < -0.39 is 0 Å². The molecule has 1 aromatic carbocycles. The van der Waals surface area contributed by atoms with E-state index in [0.717, 1.165) is 11.4 Å². The van der Waals surface area contributed by atoms with Crippen LogP contribution in [-0.2, 0) is 20.1 Å². The summed E-state index contributed by atoms with van der Waals surface area (Å²) in [5.74, 6) is 1.13. The van der Waals surface area contributed by atoms with E-state index in [1.54, 1.807) is 11.7 Å². The summed E-state index contributed by atoms with van der Waals surface area (Å²) in [5, 5.41) is 10.2. The lowest BCUT2D eigenvalue weighted by Gasteiger charge is -2.11. The Morgan fingerprint density at radius 1 is 1.33 bits per heavy atom. The van der Waals surface area contributed by atoms with Gasteiger partial charge in [-0.2, -0.15) is 5.10 Å². The van der Waals surface area contributed by atoms with Crippen LogP contribution in [-0.4, -0.2) is 27.8 Å².